The molecule has 0 saturated carbocycles. The van der Waals surface area contributed by atoms with Crippen LogP contribution in [0.3, 0.4) is 0 Å². The van der Waals surface area contributed by atoms with Crippen molar-refractivity contribution in [2.45, 2.75) is 0 Å². The second kappa shape index (κ2) is 7.84. The molecular formula is C22H18N2O4. The number of nitrogens with one attached hydrogen (secondary N) is 1. The zero-order valence-electron chi connectivity index (χ0n) is 15.0. The number of hydrogen-bond acceptors (Lipinski definition) is 4. The highest BCUT2D eigenvalue weighted by Gasteiger charge is 2.27. The molecule has 1 heterocycles. The molecule has 0 fully saturated rings. The number of amides is 2. The maximum Gasteiger partial charge on any atom is 0.265 e. The van der Waals surface area contributed by atoms with Gasteiger partial charge in [-0.15, -0.1) is 0 Å². The predicted molar refractivity (Wildman–Crippen MR) is 106 cm³/mol. The summed E-state index contributed by atoms with van der Waals surface area (Å²) in [6.45, 7) is -0.198. The summed E-state index contributed by atoms with van der Waals surface area (Å²) in [4.78, 5) is 26.3. The van der Waals surface area contributed by atoms with Crippen molar-refractivity contribution in [3.8, 4) is 17.2 Å². The topological polar surface area (TPSA) is 67.9 Å². The molecule has 28 heavy (non-hydrogen) atoms. The fourth-order valence-corrected chi connectivity index (χ4v) is 2.94. The molecule has 1 aliphatic rings. The Morgan fingerprint density at radius 1 is 0.964 bits per heavy atom. The molecule has 6 nitrogen and oxygen atoms in total. The van der Waals surface area contributed by atoms with Gasteiger partial charge in [0.15, 0.2) is 12.4 Å². The second-order valence-corrected chi connectivity index (χ2v) is 6.20. The molecule has 0 unspecified atom stereocenters. The Hall–Kier alpha value is -3.80. The van der Waals surface area contributed by atoms with Crippen LogP contribution in [0.2, 0.25) is 0 Å². The minimum Gasteiger partial charge on any atom is -0.482 e. The van der Waals surface area contributed by atoms with Crippen LogP contribution in [0.1, 0.15) is 0 Å². The lowest BCUT2D eigenvalue weighted by Gasteiger charge is -2.28. The Morgan fingerprint density at radius 3 is 2.54 bits per heavy atom. The summed E-state index contributed by atoms with van der Waals surface area (Å²) >= 11 is 0. The Balaban J connectivity index is 1.50. The first kappa shape index (κ1) is 17.6. The van der Waals surface area contributed by atoms with Gasteiger partial charge in [-0.1, -0.05) is 42.5 Å². The summed E-state index contributed by atoms with van der Waals surface area (Å²) < 4.78 is 11.3. The minimum atomic E-state index is -0.325. The van der Waals surface area contributed by atoms with E-state index in [1.165, 1.54) is 4.90 Å². The number of anilines is 2. The van der Waals surface area contributed by atoms with E-state index >= 15 is 0 Å². The summed E-state index contributed by atoms with van der Waals surface area (Å²) in [6.07, 6.45) is 0. The number of fused-ring (bicyclic) bond motifs is 1. The maximum absolute atomic E-state index is 12.6. The quantitative estimate of drug-likeness (QED) is 0.737. The number of carbonyl (C=O) groups excluding carboxylic acids is 2. The van der Waals surface area contributed by atoms with E-state index in [-0.39, 0.29) is 25.0 Å². The van der Waals surface area contributed by atoms with Gasteiger partial charge in [-0.25, -0.2) is 0 Å². The van der Waals surface area contributed by atoms with Gasteiger partial charge in [0.2, 0.25) is 5.91 Å². The number of rotatable bonds is 5. The molecule has 140 valence electrons. The van der Waals surface area contributed by atoms with E-state index in [1.54, 1.807) is 30.3 Å². The zero-order valence-corrected chi connectivity index (χ0v) is 15.0. The van der Waals surface area contributed by atoms with Crippen molar-refractivity contribution in [2.24, 2.45) is 0 Å². The van der Waals surface area contributed by atoms with Crippen LogP contribution >= 0.6 is 0 Å². The van der Waals surface area contributed by atoms with Crippen LogP contribution in [0.4, 0.5) is 11.4 Å². The SMILES string of the molecule is O=C(CN1C(=O)COc2ccccc21)Nc1ccccc1Oc1ccccc1. The van der Waals surface area contributed by atoms with E-state index in [9.17, 15) is 9.59 Å². The molecule has 3 aromatic rings. The van der Waals surface area contributed by atoms with Crippen LogP contribution < -0.4 is 19.7 Å². The van der Waals surface area contributed by atoms with Gasteiger partial charge in [0.1, 0.15) is 18.0 Å². The summed E-state index contributed by atoms with van der Waals surface area (Å²) in [5, 5.41) is 2.83. The van der Waals surface area contributed by atoms with Gasteiger partial charge in [-0.2, -0.15) is 0 Å². The van der Waals surface area contributed by atoms with Crippen LogP contribution in [-0.4, -0.2) is 25.0 Å². The second-order valence-electron chi connectivity index (χ2n) is 6.20. The lowest BCUT2D eigenvalue weighted by atomic mass is 10.2. The maximum atomic E-state index is 12.6. The highest BCUT2D eigenvalue weighted by atomic mass is 16.5. The van der Waals surface area contributed by atoms with Gasteiger partial charge in [0, 0.05) is 0 Å². The van der Waals surface area contributed by atoms with Crippen molar-refractivity contribution in [1.29, 1.82) is 0 Å². The molecule has 2 amide bonds. The number of para-hydroxylation sites is 5. The summed E-state index contributed by atoms with van der Waals surface area (Å²) in [5.74, 6) is 1.19. The Bertz CT molecular complexity index is 1000. The van der Waals surface area contributed by atoms with Crippen molar-refractivity contribution in [3.05, 3.63) is 78.9 Å². The number of carbonyl (C=O) groups is 2. The van der Waals surface area contributed by atoms with E-state index in [0.717, 1.165) is 0 Å². The van der Waals surface area contributed by atoms with Crippen LogP contribution in [0, 0.1) is 0 Å². The van der Waals surface area contributed by atoms with Gasteiger partial charge in [-0.3, -0.25) is 14.5 Å². The van der Waals surface area contributed by atoms with Crippen LogP contribution in [0.15, 0.2) is 78.9 Å². The summed E-state index contributed by atoms with van der Waals surface area (Å²) in [7, 11) is 0. The monoisotopic (exact) mass is 374 g/mol. The van der Waals surface area contributed by atoms with Crippen molar-refractivity contribution in [1.82, 2.24) is 0 Å². The molecule has 0 spiro atoms. The molecule has 0 bridgehead atoms. The van der Waals surface area contributed by atoms with Gasteiger partial charge >= 0.3 is 0 Å². The van der Waals surface area contributed by atoms with E-state index in [2.05, 4.69) is 5.32 Å². The highest BCUT2D eigenvalue weighted by molar-refractivity contribution is 6.05. The van der Waals surface area contributed by atoms with Crippen molar-refractivity contribution in [3.63, 3.8) is 0 Å². The average Bonchev–Trinajstić information content (AvgIpc) is 2.72. The van der Waals surface area contributed by atoms with E-state index in [4.69, 9.17) is 9.47 Å². The van der Waals surface area contributed by atoms with E-state index in [0.29, 0.717) is 28.6 Å². The van der Waals surface area contributed by atoms with Crippen molar-refractivity contribution >= 4 is 23.2 Å². The Kier molecular flexibility index (Phi) is 4.93. The fraction of sp³-hybridized carbons (Fsp3) is 0.0909. The van der Waals surface area contributed by atoms with Crippen molar-refractivity contribution in [2.75, 3.05) is 23.4 Å². The summed E-state index contributed by atoms with van der Waals surface area (Å²) in [5.41, 5.74) is 1.12. The van der Waals surface area contributed by atoms with Gasteiger partial charge in [-0.05, 0) is 36.4 Å². The van der Waals surface area contributed by atoms with Gasteiger partial charge in [0.05, 0.1) is 11.4 Å². The first-order chi connectivity index (χ1) is 13.7. The van der Waals surface area contributed by atoms with Crippen LogP contribution in [0.25, 0.3) is 0 Å². The molecule has 6 heteroatoms. The molecular weight excluding hydrogens is 356 g/mol. The number of ether oxygens (including phenoxy) is 2. The third-order valence-electron chi connectivity index (χ3n) is 4.24. The lowest BCUT2D eigenvalue weighted by Crippen LogP contribution is -2.43. The Morgan fingerprint density at radius 2 is 1.68 bits per heavy atom. The molecule has 0 aromatic heterocycles. The lowest BCUT2D eigenvalue weighted by molar-refractivity contribution is -0.123. The molecule has 1 aliphatic heterocycles. The van der Waals surface area contributed by atoms with Crippen molar-refractivity contribution < 1.29 is 19.1 Å². The molecule has 0 saturated heterocycles. The standard InChI is InChI=1S/C22H18N2O4/c25-21(14-24-18-11-5-7-13-20(18)27-15-22(24)26)23-17-10-4-6-12-19(17)28-16-8-2-1-3-9-16/h1-13H,14-15H2,(H,23,25). The largest absolute Gasteiger partial charge is 0.482 e. The molecule has 0 aliphatic carbocycles. The zero-order chi connectivity index (χ0) is 19.3. The third-order valence-corrected chi connectivity index (χ3v) is 4.24. The minimum absolute atomic E-state index is 0.0853. The highest BCUT2D eigenvalue weighted by Crippen LogP contribution is 2.32. The normalized spacial score (nSPS) is 12.7. The first-order valence-corrected chi connectivity index (χ1v) is 8.85. The molecule has 4 rings (SSSR count). The number of hydrogen-bond donors (Lipinski definition) is 1. The molecule has 0 atom stereocenters. The van der Waals surface area contributed by atoms with E-state index in [1.807, 2.05) is 48.5 Å². The molecule has 1 N–H and O–H groups in total. The predicted octanol–water partition coefficient (Wildman–Crippen LogP) is 3.84. The first-order valence-electron chi connectivity index (χ1n) is 8.85. The summed E-state index contributed by atoms with van der Waals surface area (Å²) in [6, 6.07) is 23.6. The van der Waals surface area contributed by atoms with Crippen LogP contribution in [-0.2, 0) is 9.59 Å². The third kappa shape index (κ3) is 3.81. The van der Waals surface area contributed by atoms with Gasteiger partial charge < -0.3 is 14.8 Å². The smallest absolute Gasteiger partial charge is 0.265 e. The fourth-order valence-electron chi connectivity index (χ4n) is 2.94. The average molecular weight is 374 g/mol. The Labute approximate surface area is 162 Å². The van der Waals surface area contributed by atoms with E-state index < -0.39 is 0 Å². The van der Waals surface area contributed by atoms with Gasteiger partial charge in [0.25, 0.3) is 5.91 Å². The van der Waals surface area contributed by atoms with Crippen LogP contribution in [0.5, 0.6) is 17.2 Å². The number of benzene rings is 3. The number of nitrogens with zero attached hydrogens (tertiary/aromatic N) is 1. The molecule has 3 aromatic carbocycles. The molecule has 0 radical (unpaired) electrons.